The molecule has 7 atom stereocenters. The molecule has 2 N–H and O–H groups in total. The molecule has 3 nitrogen and oxygen atoms in total. The van der Waals surface area contributed by atoms with E-state index in [-0.39, 0.29) is 11.2 Å². The minimum Gasteiger partial charge on any atom is -0.389 e. The first-order valence-corrected chi connectivity index (χ1v) is 9.58. The summed E-state index contributed by atoms with van der Waals surface area (Å²) in [6, 6.07) is 0. The summed E-state index contributed by atoms with van der Waals surface area (Å²) in [5, 5.41) is 21.8. The monoisotopic (exact) mass is 328 g/mol. The summed E-state index contributed by atoms with van der Waals surface area (Å²) in [7, 11) is 0. The van der Waals surface area contributed by atoms with Crippen molar-refractivity contribution < 1.29 is 15.0 Å². The summed E-state index contributed by atoms with van der Waals surface area (Å²) in [6.07, 6.45) is 13.8. The predicted octanol–water partition coefficient (Wildman–Crippen LogP) is 2.85. The Bertz CT molecular complexity index is 629. The van der Waals surface area contributed by atoms with Gasteiger partial charge in [-0.25, -0.2) is 0 Å². The quantitative estimate of drug-likeness (QED) is 0.728. The topological polar surface area (TPSA) is 57.5 Å². The van der Waals surface area contributed by atoms with Crippen LogP contribution in [0.5, 0.6) is 0 Å². The SMILES string of the molecule is C#C[C@@]1(O)CC[C@H]2[C@@H]3C[C@@H](O)C4=CC(=O)CCC4[C@H]3CC[C@]21CC. The number of terminal acetylenes is 1. The van der Waals surface area contributed by atoms with Crippen molar-refractivity contribution in [2.75, 3.05) is 0 Å². The van der Waals surface area contributed by atoms with Gasteiger partial charge in [-0.3, -0.25) is 4.79 Å². The number of carbonyl (C=O) groups excluding carboxylic acids is 1. The van der Waals surface area contributed by atoms with Gasteiger partial charge in [0, 0.05) is 11.8 Å². The Morgan fingerprint density at radius 1 is 1.29 bits per heavy atom. The predicted molar refractivity (Wildman–Crippen MR) is 91.9 cm³/mol. The van der Waals surface area contributed by atoms with Crippen molar-refractivity contribution in [1.82, 2.24) is 0 Å². The highest BCUT2D eigenvalue weighted by Crippen LogP contribution is 2.66. The third-order valence-corrected chi connectivity index (χ3v) is 8.07. The molecular formula is C21H28O3. The van der Waals surface area contributed by atoms with E-state index in [0.29, 0.717) is 36.5 Å². The molecule has 0 aromatic heterocycles. The zero-order valence-electron chi connectivity index (χ0n) is 14.5. The fraction of sp³-hybridized carbons (Fsp3) is 0.762. The normalized spacial score (nSPS) is 50.3. The number of rotatable bonds is 1. The number of ketones is 1. The van der Waals surface area contributed by atoms with Crippen LogP contribution in [0.15, 0.2) is 11.6 Å². The largest absolute Gasteiger partial charge is 0.389 e. The Kier molecular flexibility index (Phi) is 3.71. The van der Waals surface area contributed by atoms with Crippen LogP contribution in [-0.4, -0.2) is 27.7 Å². The first kappa shape index (κ1) is 16.4. The van der Waals surface area contributed by atoms with Crippen molar-refractivity contribution in [2.45, 2.75) is 70.0 Å². The third kappa shape index (κ3) is 1.96. The van der Waals surface area contributed by atoms with Gasteiger partial charge in [0.2, 0.25) is 0 Å². The van der Waals surface area contributed by atoms with Crippen molar-refractivity contribution in [3.05, 3.63) is 11.6 Å². The number of aliphatic hydroxyl groups is 2. The molecule has 130 valence electrons. The van der Waals surface area contributed by atoms with Crippen LogP contribution < -0.4 is 0 Å². The van der Waals surface area contributed by atoms with E-state index in [2.05, 4.69) is 12.8 Å². The molecule has 0 spiro atoms. The fourth-order valence-electron chi connectivity index (χ4n) is 6.96. The lowest BCUT2D eigenvalue weighted by molar-refractivity contribution is -0.119. The highest BCUT2D eigenvalue weighted by molar-refractivity contribution is 5.91. The molecule has 0 amide bonds. The molecule has 3 heteroatoms. The second kappa shape index (κ2) is 5.44. The van der Waals surface area contributed by atoms with Crippen LogP contribution in [0, 0.1) is 41.4 Å². The number of carbonyl (C=O) groups is 1. The fourth-order valence-corrected chi connectivity index (χ4v) is 6.96. The average molecular weight is 328 g/mol. The van der Waals surface area contributed by atoms with E-state index in [1.165, 1.54) is 0 Å². The van der Waals surface area contributed by atoms with Crippen LogP contribution in [0.4, 0.5) is 0 Å². The van der Waals surface area contributed by atoms with Crippen LogP contribution in [0.1, 0.15) is 58.3 Å². The van der Waals surface area contributed by atoms with Crippen molar-refractivity contribution in [2.24, 2.45) is 29.1 Å². The van der Waals surface area contributed by atoms with Gasteiger partial charge in [0.25, 0.3) is 0 Å². The van der Waals surface area contributed by atoms with Gasteiger partial charge in [0.05, 0.1) is 6.10 Å². The van der Waals surface area contributed by atoms with Gasteiger partial charge in [-0.05, 0) is 80.3 Å². The van der Waals surface area contributed by atoms with Gasteiger partial charge in [-0.1, -0.05) is 12.8 Å². The standard InChI is InChI=1S/C21H28O3/c1-3-20-9-7-15-14-6-5-13(22)11-17(14)19(23)12-16(15)18(20)8-10-21(20,24)4-2/h2,11,14-16,18-19,23-24H,3,5-10,12H2,1H3/t14?,15-,16-,18+,19-,20-,21-/m1/s1. The molecular weight excluding hydrogens is 300 g/mol. The molecule has 0 radical (unpaired) electrons. The first-order valence-electron chi connectivity index (χ1n) is 9.58. The molecule has 3 fully saturated rings. The van der Waals surface area contributed by atoms with Crippen LogP contribution in [-0.2, 0) is 4.79 Å². The zero-order valence-corrected chi connectivity index (χ0v) is 14.5. The van der Waals surface area contributed by atoms with E-state index in [9.17, 15) is 15.0 Å². The lowest BCUT2D eigenvalue weighted by Crippen LogP contribution is -2.55. The lowest BCUT2D eigenvalue weighted by atomic mass is 9.49. The summed E-state index contributed by atoms with van der Waals surface area (Å²) >= 11 is 0. The van der Waals surface area contributed by atoms with Crippen molar-refractivity contribution in [3.8, 4) is 12.3 Å². The summed E-state index contributed by atoms with van der Waals surface area (Å²) < 4.78 is 0. The molecule has 1 unspecified atom stereocenters. The number of hydrogen-bond acceptors (Lipinski definition) is 3. The van der Waals surface area contributed by atoms with Crippen molar-refractivity contribution >= 4 is 5.78 Å². The Hall–Kier alpha value is -1.11. The highest BCUT2D eigenvalue weighted by Gasteiger charge is 2.64. The molecule has 3 saturated carbocycles. The number of fused-ring (bicyclic) bond motifs is 5. The van der Waals surface area contributed by atoms with Crippen molar-refractivity contribution in [1.29, 1.82) is 0 Å². The zero-order chi connectivity index (χ0) is 17.1. The summed E-state index contributed by atoms with van der Waals surface area (Å²) in [5.74, 6) is 4.62. The van der Waals surface area contributed by atoms with Crippen LogP contribution in [0.25, 0.3) is 0 Å². The molecule has 0 aromatic carbocycles. The van der Waals surface area contributed by atoms with Gasteiger partial charge >= 0.3 is 0 Å². The van der Waals surface area contributed by atoms with Gasteiger partial charge in [-0.2, -0.15) is 0 Å². The summed E-state index contributed by atoms with van der Waals surface area (Å²) in [4.78, 5) is 11.8. The molecule has 4 aliphatic rings. The maximum atomic E-state index is 11.8. The molecule has 0 aliphatic heterocycles. The smallest absolute Gasteiger partial charge is 0.155 e. The lowest BCUT2D eigenvalue weighted by Gasteiger charge is -2.56. The Morgan fingerprint density at radius 3 is 2.79 bits per heavy atom. The van der Waals surface area contributed by atoms with Gasteiger partial charge < -0.3 is 10.2 Å². The third-order valence-electron chi connectivity index (χ3n) is 8.07. The van der Waals surface area contributed by atoms with E-state index in [1.807, 2.05) is 0 Å². The minimum atomic E-state index is -0.985. The van der Waals surface area contributed by atoms with E-state index in [4.69, 9.17) is 6.42 Å². The maximum Gasteiger partial charge on any atom is 0.155 e. The van der Waals surface area contributed by atoms with E-state index in [1.54, 1.807) is 6.08 Å². The van der Waals surface area contributed by atoms with Gasteiger partial charge in [0.1, 0.15) is 5.60 Å². The van der Waals surface area contributed by atoms with E-state index < -0.39 is 11.7 Å². The Balaban J connectivity index is 1.71. The average Bonchev–Trinajstić information content (AvgIpc) is 2.89. The number of hydrogen-bond donors (Lipinski definition) is 2. The highest BCUT2D eigenvalue weighted by atomic mass is 16.3. The van der Waals surface area contributed by atoms with Crippen LogP contribution in [0.3, 0.4) is 0 Å². The Labute approximate surface area is 144 Å². The molecule has 24 heavy (non-hydrogen) atoms. The van der Waals surface area contributed by atoms with Crippen LogP contribution >= 0.6 is 0 Å². The van der Waals surface area contributed by atoms with Crippen LogP contribution in [0.2, 0.25) is 0 Å². The summed E-state index contributed by atoms with van der Waals surface area (Å²) in [5.41, 5.74) is -0.184. The molecule has 0 saturated heterocycles. The van der Waals surface area contributed by atoms with Gasteiger partial charge in [0.15, 0.2) is 5.78 Å². The molecule has 0 heterocycles. The van der Waals surface area contributed by atoms with Gasteiger partial charge in [-0.15, -0.1) is 6.42 Å². The van der Waals surface area contributed by atoms with Crippen molar-refractivity contribution in [3.63, 3.8) is 0 Å². The second-order valence-corrected chi connectivity index (χ2v) is 8.53. The minimum absolute atomic E-state index is 0.167. The molecule has 4 rings (SSSR count). The number of aliphatic hydroxyl groups excluding tert-OH is 1. The van der Waals surface area contributed by atoms with E-state index in [0.717, 1.165) is 44.1 Å². The molecule has 0 bridgehead atoms. The molecule has 4 aliphatic carbocycles. The molecule has 0 aromatic rings. The maximum absolute atomic E-state index is 11.8. The first-order chi connectivity index (χ1) is 11.5. The summed E-state index contributed by atoms with van der Waals surface area (Å²) in [6.45, 7) is 2.16. The second-order valence-electron chi connectivity index (χ2n) is 8.53. The Morgan fingerprint density at radius 2 is 2.08 bits per heavy atom. The van der Waals surface area contributed by atoms with E-state index >= 15 is 0 Å².